The summed E-state index contributed by atoms with van der Waals surface area (Å²) in [7, 11) is 0. The summed E-state index contributed by atoms with van der Waals surface area (Å²) in [5, 5.41) is 0. The van der Waals surface area contributed by atoms with Crippen LogP contribution in [0.1, 0.15) is 38.5 Å². The molecule has 0 aromatic heterocycles. The fourth-order valence-electron chi connectivity index (χ4n) is 4.66. The molecule has 68 valence electrons. The fourth-order valence-corrected chi connectivity index (χ4v) is 4.66. The normalized spacial score (nSPS) is 56.2. The van der Waals surface area contributed by atoms with E-state index in [0.29, 0.717) is 5.41 Å². The van der Waals surface area contributed by atoms with Crippen LogP contribution in [0.15, 0.2) is 0 Å². The Morgan fingerprint density at radius 1 is 1.25 bits per heavy atom. The molecule has 3 fully saturated rings. The molecule has 0 aliphatic heterocycles. The van der Waals surface area contributed by atoms with Crippen LogP contribution in [-0.2, 0) is 0 Å². The maximum Gasteiger partial charge on any atom is -0.00151 e. The molecule has 3 saturated carbocycles. The number of rotatable bonds is 1. The van der Waals surface area contributed by atoms with Gasteiger partial charge in [-0.3, -0.25) is 0 Å². The van der Waals surface area contributed by atoms with Crippen LogP contribution in [-0.4, -0.2) is 6.54 Å². The standard InChI is InChI=1S/C11H19N/c12-7-11-5-1-2-10(11)8-3-4-9(11)6-8/h8-10H,1-7,12H2/t8-,9+,10+,11+/m0/s1. The van der Waals surface area contributed by atoms with Crippen LogP contribution in [0.4, 0.5) is 0 Å². The lowest BCUT2D eigenvalue weighted by Crippen LogP contribution is -2.39. The molecule has 2 bridgehead atoms. The first-order valence-electron chi connectivity index (χ1n) is 5.57. The molecular formula is C11H19N. The van der Waals surface area contributed by atoms with Crippen LogP contribution in [0, 0.1) is 23.2 Å². The second-order valence-corrected chi connectivity index (χ2v) is 5.21. The first kappa shape index (κ1) is 7.37. The van der Waals surface area contributed by atoms with E-state index < -0.39 is 0 Å². The van der Waals surface area contributed by atoms with E-state index in [0.717, 1.165) is 24.3 Å². The van der Waals surface area contributed by atoms with E-state index in [1.807, 2.05) is 0 Å². The molecule has 0 saturated heterocycles. The summed E-state index contributed by atoms with van der Waals surface area (Å²) in [6.45, 7) is 0.985. The molecule has 4 atom stereocenters. The third kappa shape index (κ3) is 0.654. The number of hydrogen-bond donors (Lipinski definition) is 1. The van der Waals surface area contributed by atoms with Crippen molar-refractivity contribution in [2.24, 2.45) is 28.9 Å². The van der Waals surface area contributed by atoms with Crippen LogP contribution in [0.2, 0.25) is 0 Å². The van der Waals surface area contributed by atoms with Crippen molar-refractivity contribution in [1.82, 2.24) is 0 Å². The van der Waals surface area contributed by atoms with Gasteiger partial charge in [0.05, 0.1) is 0 Å². The van der Waals surface area contributed by atoms with Crippen molar-refractivity contribution >= 4 is 0 Å². The van der Waals surface area contributed by atoms with Gasteiger partial charge in [0, 0.05) is 0 Å². The molecule has 0 unspecified atom stereocenters. The first-order chi connectivity index (χ1) is 5.87. The van der Waals surface area contributed by atoms with Gasteiger partial charge in [0.1, 0.15) is 0 Å². The summed E-state index contributed by atoms with van der Waals surface area (Å²) in [5.74, 6) is 3.15. The lowest BCUT2D eigenvalue weighted by atomic mass is 9.68. The Morgan fingerprint density at radius 2 is 2.17 bits per heavy atom. The summed E-state index contributed by atoms with van der Waals surface area (Å²) < 4.78 is 0. The van der Waals surface area contributed by atoms with Gasteiger partial charge in [-0.15, -0.1) is 0 Å². The smallest absolute Gasteiger partial charge is 0.00151 e. The monoisotopic (exact) mass is 165 g/mol. The molecule has 0 spiro atoms. The summed E-state index contributed by atoms with van der Waals surface area (Å²) in [5.41, 5.74) is 6.64. The third-order valence-electron chi connectivity index (χ3n) is 5.13. The van der Waals surface area contributed by atoms with Crippen molar-refractivity contribution < 1.29 is 0 Å². The zero-order chi connectivity index (χ0) is 8.18. The molecule has 3 aliphatic carbocycles. The first-order valence-corrected chi connectivity index (χ1v) is 5.57. The molecule has 1 heteroatoms. The molecule has 12 heavy (non-hydrogen) atoms. The van der Waals surface area contributed by atoms with Gasteiger partial charge in [-0.2, -0.15) is 0 Å². The highest BCUT2D eigenvalue weighted by atomic mass is 14.7. The Hall–Kier alpha value is -0.0400. The highest BCUT2D eigenvalue weighted by Gasteiger charge is 2.58. The van der Waals surface area contributed by atoms with Gasteiger partial charge in [-0.25, -0.2) is 0 Å². The van der Waals surface area contributed by atoms with Crippen molar-refractivity contribution in [3.63, 3.8) is 0 Å². The summed E-state index contributed by atoms with van der Waals surface area (Å²) >= 11 is 0. The van der Waals surface area contributed by atoms with Crippen LogP contribution in [0.25, 0.3) is 0 Å². The van der Waals surface area contributed by atoms with Gasteiger partial charge < -0.3 is 5.73 Å². The zero-order valence-corrected chi connectivity index (χ0v) is 7.76. The van der Waals surface area contributed by atoms with Gasteiger partial charge in [0.15, 0.2) is 0 Å². The Kier molecular flexibility index (Phi) is 1.39. The van der Waals surface area contributed by atoms with Crippen LogP contribution < -0.4 is 5.73 Å². The van der Waals surface area contributed by atoms with Crippen LogP contribution >= 0.6 is 0 Å². The Balaban J connectivity index is 1.98. The molecular weight excluding hydrogens is 146 g/mol. The predicted octanol–water partition coefficient (Wildman–Crippen LogP) is 2.16. The minimum absolute atomic E-state index is 0.642. The third-order valence-corrected chi connectivity index (χ3v) is 5.13. The predicted molar refractivity (Wildman–Crippen MR) is 49.7 cm³/mol. The second kappa shape index (κ2) is 2.25. The lowest BCUT2D eigenvalue weighted by Gasteiger charge is -2.38. The second-order valence-electron chi connectivity index (χ2n) is 5.21. The van der Waals surface area contributed by atoms with E-state index in [4.69, 9.17) is 5.73 Å². The maximum absolute atomic E-state index is 6.00. The number of fused-ring (bicyclic) bond motifs is 5. The van der Waals surface area contributed by atoms with E-state index >= 15 is 0 Å². The summed E-state index contributed by atoms with van der Waals surface area (Å²) in [6.07, 6.45) is 8.97. The lowest BCUT2D eigenvalue weighted by molar-refractivity contribution is 0.121. The SMILES string of the molecule is NC[C@@]12CCC[C@@H]1[C@H]1CC[C@@H]2C1. The number of nitrogens with two attached hydrogens (primary N) is 1. The largest absolute Gasteiger partial charge is 0.330 e. The summed E-state index contributed by atoms with van der Waals surface area (Å²) in [6, 6.07) is 0. The molecule has 0 aromatic rings. The topological polar surface area (TPSA) is 26.0 Å². The highest BCUT2D eigenvalue weighted by Crippen LogP contribution is 2.65. The van der Waals surface area contributed by atoms with Crippen molar-refractivity contribution in [2.45, 2.75) is 38.5 Å². The van der Waals surface area contributed by atoms with Gasteiger partial charge >= 0.3 is 0 Å². The Labute approximate surface area is 74.7 Å². The maximum atomic E-state index is 6.00. The van der Waals surface area contributed by atoms with Gasteiger partial charge in [0.25, 0.3) is 0 Å². The van der Waals surface area contributed by atoms with Crippen LogP contribution in [0.3, 0.4) is 0 Å². The minimum Gasteiger partial charge on any atom is -0.330 e. The van der Waals surface area contributed by atoms with Crippen molar-refractivity contribution in [2.75, 3.05) is 6.54 Å². The molecule has 3 aliphatic rings. The van der Waals surface area contributed by atoms with Gasteiger partial charge in [0.2, 0.25) is 0 Å². The van der Waals surface area contributed by atoms with E-state index in [1.165, 1.54) is 38.5 Å². The summed E-state index contributed by atoms with van der Waals surface area (Å²) in [4.78, 5) is 0. The Morgan fingerprint density at radius 3 is 2.92 bits per heavy atom. The Bertz CT molecular complexity index is 201. The minimum atomic E-state index is 0.642. The molecule has 1 nitrogen and oxygen atoms in total. The molecule has 0 radical (unpaired) electrons. The van der Waals surface area contributed by atoms with E-state index in [-0.39, 0.29) is 0 Å². The van der Waals surface area contributed by atoms with E-state index in [1.54, 1.807) is 0 Å². The molecule has 2 N–H and O–H groups in total. The van der Waals surface area contributed by atoms with E-state index in [9.17, 15) is 0 Å². The quantitative estimate of drug-likeness (QED) is 0.633. The molecule has 3 rings (SSSR count). The van der Waals surface area contributed by atoms with Gasteiger partial charge in [-0.05, 0) is 61.8 Å². The fraction of sp³-hybridized carbons (Fsp3) is 1.00. The zero-order valence-electron chi connectivity index (χ0n) is 7.76. The average Bonchev–Trinajstić information content (AvgIpc) is 2.76. The van der Waals surface area contributed by atoms with Crippen molar-refractivity contribution in [1.29, 1.82) is 0 Å². The molecule has 0 heterocycles. The molecule has 0 amide bonds. The van der Waals surface area contributed by atoms with Crippen molar-refractivity contribution in [3.05, 3.63) is 0 Å². The number of hydrogen-bond acceptors (Lipinski definition) is 1. The van der Waals surface area contributed by atoms with Crippen LogP contribution in [0.5, 0.6) is 0 Å². The van der Waals surface area contributed by atoms with Crippen molar-refractivity contribution in [3.8, 4) is 0 Å². The van der Waals surface area contributed by atoms with E-state index in [2.05, 4.69) is 0 Å². The molecule has 0 aromatic carbocycles. The van der Waals surface area contributed by atoms with Gasteiger partial charge in [-0.1, -0.05) is 6.42 Å². The average molecular weight is 165 g/mol. The highest BCUT2D eigenvalue weighted by molar-refractivity contribution is 5.09.